The molecule has 6 nitrogen and oxygen atoms in total. The van der Waals surface area contributed by atoms with Crippen molar-refractivity contribution in [3.05, 3.63) is 125 Å². The summed E-state index contributed by atoms with van der Waals surface area (Å²) in [6, 6.07) is 32.8. The SMILES string of the molecule is COc1ccc(C[C@H]2c3cc4cc(CCSc5ccccc5)oc4cc3CCN2C(=O)N[C@@H](C)c2ccccc2)cc1OC. The Bertz CT molecular complexity index is 1720. The van der Waals surface area contributed by atoms with Gasteiger partial charge in [0, 0.05) is 29.0 Å². The van der Waals surface area contributed by atoms with Gasteiger partial charge in [-0.25, -0.2) is 4.79 Å². The van der Waals surface area contributed by atoms with E-state index in [1.54, 1.807) is 14.2 Å². The number of nitrogens with one attached hydrogen (secondary N) is 1. The van der Waals surface area contributed by atoms with E-state index in [0.29, 0.717) is 24.5 Å². The first-order valence-electron chi connectivity index (χ1n) is 15.1. The molecule has 0 fully saturated rings. The van der Waals surface area contributed by atoms with E-state index in [0.717, 1.165) is 52.0 Å². The van der Waals surface area contributed by atoms with Gasteiger partial charge in [0.05, 0.1) is 26.3 Å². The smallest absolute Gasteiger partial charge is 0.318 e. The van der Waals surface area contributed by atoms with Crippen molar-refractivity contribution in [2.24, 2.45) is 0 Å². The van der Waals surface area contributed by atoms with Crippen LogP contribution in [0.4, 0.5) is 4.79 Å². The third-order valence-electron chi connectivity index (χ3n) is 8.32. The number of hydrogen-bond donors (Lipinski definition) is 1. The number of fused-ring (bicyclic) bond motifs is 2. The quantitative estimate of drug-likeness (QED) is 0.162. The Kier molecular flexibility index (Phi) is 9.12. The zero-order valence-electron chi connectivity index (χ0n) is 25.4. The van der Waals surface area contributed by atoms with E-state index in [1.165, 1.54) is 10.5 Å². The highest BCUT2D eigenvalue weighted by atomic mass is 32.2. The van der Waals surface area contributed by atoms with Crippen LogP contribution in [0.3, 0.4) is 0 Å². The second kappa shape index (κ2) is 13.5. The van der Waals surface area contributed by atoms with Crippen molar-refractivity contribution < 1.29 is 18.7 Å². The maximum absolute atomic E-state index is 13.9. The number of nitrogens with zero attached hydrogens (tertiary/aromatic N) is 1. The van der Waals surface area contributed by atoms with E-state index in [2.05, 4.69) is 53.8 Å². The number of thioether (sulfide) groups is 1. The van der Waals surface area contributed by atoms with Gasteiger partial charge in [0.1, 0.15) is 11.3 Å². The highest BCUT2D eigenvalue weighted by Gasteiger charge is 2.32. The minimum absolute atomic E-state index is 0.0663. The Morgan fingerprint density at radius 3 is 2.45 bits per heavy atom. The van der Waals surface area contributed by atoms with E-state index in [1.807, 2.05) is 72.1 Å². The second-order valence-electron chi connectivity index (χ2n) is 11.1. The number of carbonyl (C=O) groups is 1. The number of aryl methyl sites for hydroxylation is 1. The van der Waals surface area contributed by atoms with Gasteiger partial charge >= 0.3 is 6.03 Å². The fraction of sp³-hybridized carbons (Fsp3) is 0.270. The van der Waals surface area contributed by atoms with Crippen molar-refractivity contribution in [3.63, 3.8) is 0 Å². The zero-order chi connectivity index (χ0) is 30.5. The lowest BCUT2D eigenvalue weighted by Gasteiger charge is -2.38. The third-order valence-corrected chi connectivity index (χ3v) is 9.34. The minimum atomic E-state index is -0.156. The Morgan fingerprint density at radius 2 is 1.70 bits per heavy atom. The molecule has 0 unspecified atom stereocenters. The molecule has 1 aliphatic heterocycles. The van der Waals surface area contributed by atoms with Crippen LogP contribution in [0, 0.1) is 0 Å². The maximum atomic E-state index is 13.9. The van der Waals surface area contributed by atoms with Crippen LogP contribution in [0.2, 0.25) is 0 Å². The van der Waals surface area contributed by atoms with Crippen molar-refractivity contribution >= 4 is 28.8 Å². The predicted molar refractivity (Wildman–Crippen MR) is 177 cm³/mol. The molecule has 1 N–H and O–H groups in total. The van der Waals surface area contributed by atoms with Crippen molar-refractivity contribution in [1.29, 1.82) is 0 Å². The summed E-state index contributed by atoms with van der Waals surface area (Å²) in [4.78, 5) is 17.1. The first kappa shape index (κ1) is 29.7. The van der Waals surface area contributed by atoms with Gasteiger partial charge in [-0.2, -0.15) is 0 Å². The number of benzene rings is 4. The molecule has 0 radical (unpaired) electrons. The van der Waals surface area contributed by atoms with Gasteiger partial charge in [-0.05, 0) is 84.5 Å². The molecule has 5 aromatic rings. The topological polar surface area (TPSA) is 63.9 Å². The third kappa shape index (κ3) is 6.58. The first-order chi connectivity index (χ1) is 21.5. The lowest BCUT2D eigenvalue weighted by molar-refractivity contribution is 0.166. The summed E-state index contributed by atoms with van der Waals surface area (Å²) in [6.45, 7) is 2.65. The number of furan rings is 1. The standard InChI is InChI=1S/C37H38N2O4S/c1-25(27-10-6-4-7-11-27)38-37(40)39-18-16-28-24-35-29(22-30(43-35)17-19-44-31-12-8-5-9-13-31)23-32(28)33(39)20-26-14-15-34(41-2)36(21-26)42-3/h4-15,21-25,33H,16-20H2,1-3H3,(H,38,40)/t25-,33-/m0/s1. The van der Waals surface area contributed by atoms with Crippen LogP contribution < -0.4 is 14.8 Å². The molecule has 0 bridgehead atoms. The number of amides is 2. The molecule has 0 spiro atoms. The number of rotatable bonds is 10. The number of urea groups is 1. The van der Waals surface area contributed by atoms with Gasteiger partial charge in [0.2, 0.25) is 0 Å². The Morgan fingerprint density at radius 1 is 0.955 bits per heavy atom. The zero-order valence-corrected chi connectivity index (χ0v) is 26.2. The Labute approximate surface area is 263 Å². The molecule has 4 aromatic carbocycles. The number of ether oxygens (including phenoxy) is 2. The molecular formula is C37H38N2O4S. The van der Waals surface area contributed by atoms with Crippen molar-refractivity contribution in [2.75, 3.05) is 26.5 Å². The van der Waals surface area contributed by atoms with Crippen LogP contribution in [0.5, 0.6) is 11.5 Å². The number of hydrogen-bond acceptors (Lipinski definition) is 5. The summed E-state index contributed by atoms with van der Waals surface area (Å²) in [5.74, 6) is 3.29. The van der Waals surface area contributed by atoms with E-state index >= 15 is 0 Å². The van der Waals surface area contributed by atoms with E-state index in [9.17, 15) is 4.79 Å². The lowest BCUT2D eigenvalue weighted by atomic mass is 9.88. The van der Waals surface area contributed by atoms with E-state index < -0.39 is 0 Å². The molecule has 7 heteroatoms. The monoisotopic (exact) mass is 606 g/mol. The molecule has 0 aliphatic carbocycles. The predicted octanol–water partition coefficient (Wildman–Crippen LogP) is 8.40. The largest absolute Gasteiger partial charge is 0.493 e. The van der Waals surface area contributed by atoms with Gasteiger partial charge in [0.15, 0.2) is 11.5 Å². The highest BCUT2D eigenvalue weighted by molar-refractivity contribution is 7.99. The lowest BCUT2D eigenvalue weighted by Crippen LogP contribution is -2.47. The van der Waals surface area contributed by atoms with Crippen LogP contribution in [0.25, 0.3) is 11.0 Å². The molecule has 1 aromatic heterocycles. The summed E-state index contributed by atoms with van der Waals surface area (Å²) in [5, 5.41) is 4.32. The van der Waals surface area contributed by atoms with Gasteiger partial charge in [0.25, 0.3) is 0 Å². The molecular weight excluding hydrogens is 568 g/mol. The molecule has 2 heterocycles. The molecule has 0 saturated heterocycles. The van der Waals surface area contributed by atoms with Crippen LogP contribution in [0.1, 0.15) is 47.0 Å². The molecule has 1 aliphatic rings. The fourth-order valence-corrected chi connectivity index (χ4v) is 6.88. The average Bonchev–Trinajstić information content (AvgIpc) is 3.46. The van der Waals surface area contributed by atoms with E-state index in [4.69, 9.17) is 13.9 Å². The summed E-state index contributed by atoms with van der Waals surface area (Å²) in [7, 11) is 3.29. The molecule has 6 rings (SSSR count). The molecule has 44 heavy (non-hydrogen) atoms. The molecule has 226 valence electrons. The van der Waals surface area contributed by atoms with Crippen molar-refractivity contribution in [1.82, 2.24) is 10.2 Å². The summed E-state index contributed by atoms with van der Waals surface area (Å²) >= 11 is 1.83. The molecule has 2 atom stereocenters. The maximum Gasteiger partial charge on any atom is 0.318 e. The van der Waals surface area contributed by atoms with E-state index in [-0.39, 0.29) is 18.1 Å². The first-order valence-corrected chi connectivity index (χ1v) is 16.1. The average molecular weight is 607 g/mol. The fourth-order valence-electron chi connectivity index (χ4n) is 5.99. The van der Waals surface area contributed by atoms with Gasteiger partial charge in [-0.1, -0.05) is 54.6 Å². The minimum Gasteiger partial charge on any atom is -0.493 e. The van der Waals surface area contributed by atoms with Gasteiger partial charge in [-0.15, -0.1) is 11.8 Å². The van der Waals surface area contributed by atoms with Crippen LogP contribution in [-0.4, -0.2) is 37.4 Å². The van der Waals surface area contributed by atoms with Gasteiger partial charge in [-0.3, -0.25) is 0 Å². The van der Waals surface area contributed by atoms with Crippen LogP contribution >= 0.6 is 11.8 Å². The molecule has 0 saturated carbocycles. The molecule has 2 amide bonds. The number of methoxy groups -OCH3 is 2. The summed E-state index contributed by atoms with van der Waals surface area (Å²) < 4.78 is 17.4. The summed E-state index contributed by atoms with van der Waals surface area (Å²) in [5.41, 5.74) is 5.44. The highest BCUT2D eigenvalue weighted by Crippen LogP contribution is 2.38. The van der Waals surface area contributed by atoms with Crippen molar-refractivity contribution in [2.45, 2.75) is 43.2 Å². The second-order valence-corrected chi connectivity index (χ2v) is 12.3. The number of carbonyl (C=O) groups excluding carboxylic acids is 1. The summed E-state index contributed by atoms with van der Waals surface area (Å²) in [6.07, 6.45) is 2.26. The van der Waals surface area contributed by atoms with Crippen LogP contribution in [-0.2, 0) is 19.3 Å². The normalized spacial score (nSPS) is 15.1. The van der Waals surface area contributed by atoms with Crippen LogP contribution in [0.15, 0.2) is 106 Å². The van der Waals surface area contributed by atoms with Crippen molar-refractivity contribution in [3.8, 4) is 11.5 Å². The Balaban J connectivity index is 1.29. The Hall–Kier alpha value is -4.36. The van der Waals surface area contributed by atoms with Gasteiger partial charge < -0.3 is 24.1 Å².